The van der Waals surface area contributed by atoms with Gasteiger partial charge < -0.3 is 14.2 Å². The van der Waals surface area contributed by atoms with Crippen molar-refractivity contribution >= 4 is 27.5 Å². The van der Waals surface area contributed by atoms with Crippen molar-refractivity contribution in [2.45, 2.75) is 6.18 Å². The summed E-state index contributed by atoms with van der Waals surface area (Å²) in [5.41, 5.74) is -0.537. The minimum Gasteiger partial charge on any atom is -0.481 e. The third-order valence-corrected chi connectivity index (χ3v) is 4.60. The maximum atomic E-state index is 12.4. The Morgan fingerprint density at radius 2 is 1.76 bits per heavy atom. The third-order valence-electron chi connectivity index (χ3n) is 3.08. The van der Waals surface area contributed by atoms with E-state index in [4.69, 9.17) is 25.8 Å². The third kappa shape index (κ3) is 6.35. The molecule has 0 spiro atoms. The van der Waals surface area contributed by atoms with Crippen molar-refractivity contribution in [3.8, 4) is 23.5 Å². The van der Waals surface area contributed by atoms with Crippen LogP contribution in [0.3, 0.4) is 0 Å². The number of aromatic nitrogens is 2. The number of hydrogen-bond acceptors (Lipinski definition) is 8. The number of alkyl halides is 3. The summed E-state index contributed by atoms with van der Waals surface area (Å²) >= 11 is 5.92. The molecular weight excluding hydrogens is 443 g/mol. The molecule has 0 aliphatic heterocycles. The van der Waals surface area contributed by atoms with Gasteiger partial charge >= 0.3 is 12.2 Å². The maximum Gasteiger partial charge on any atom is 0.404 e. The molecule has 2 rings (SSSR count). The van der Waals surface area contributed by atoms with Gasteiger partial charge in [0.25, 0.3) is 5.91 Å². The van der Waals surface area contributed by atoms with Crippen LogP contribution in [0.15, 0.2) is 24.3 Å². The fraction of sp³-hybridized carbons (Fsp3) is 0.267. The van der Waals surface area contributed by atoms with Gasteiger partial charge in [0, 0.05) is 0 Å². The van der Waals surface area contributed by atoms with Crippen molar-refractivity contribution in [1.29, 1.82) is 0 Å². The molecular formula is C15H13ClF3N3O6S. The maximum absolute atomic E-state index is 12.4. The predicted molar refractivity (Wildman–Crippen MR) is 94.0 cm³/mol. The van der Waals surface area contributed by atoms with E-state index in [1.54, 1.807) is 0 Å². The number of ether oxygens (including phenoxy) is 3. The van der Waals surface area contributed by atoms with Gasteiger partial charge in [-0.1, -0.05) is 17.7 Å². The van der Waals surface area contributed by atoms with E-state index in [1.165, 1.54) is 43.2 Å². The molecule has 0 saturated heterocycles. The highest BCUT2D eigenvalue weighted by Crippen LogP contribution is 2.31. The first-order valence-electron chi connectivity index (χ1n) is 7.49. The Morgan fingerprint density at radius 3 is 2.28 bits per heavy atom. The highest BCUT2D eigenvalue weighted by atomic mass is 35.5. The van der Waals surface area contributed by atoms with Crippen molar-refractivity contribution in [3.63, 3.8) is 0 Å². The van der Waals surface area contributed by atoms with Gasteiger partial charge in [0.05, 0.1) is 25.3 Å². The molecule has 1 aromatic carbocycles. The van der Waals surface area contributed by atoms with Crippen LogP contribution < -0.4 is 18.9 Å². The second-order valence-corrected chi connectivity index (χ2v) is 7.39. The van der Waals surface area contributed by atoms with Gasteiger partial charge in [-0.25, -0.2) is 13.1 Å². The van der Waals surface area contributed by atoms with Gasteiger partial charge in [-0.05, 0) is 12.1 Å². The Kier molecular flexibility index (Phi) is 6.74. The lowest BCUT2D eigenvalue weighted by Crippen LogP contribution is -2.37. The number of nitrogens with one attached hydrogen (secondary N) is 1. The van der Waals surface area contributed by atoms with E-state index in [0.717, 1.165) is 0 Å². The number of methoxy groups -OCH3 is 2. The number of amides is 1. The molecule has 1 heterocycles. The number of halogens is 4. The fourth-order valence-corrected chi connectivity index (χ4v) is 3.13. The highest BCUT2D eigenvalue weighted by Gasteiger charge is 2.36. The van der Waals surface area contributed by atoms with E-state index in [1.807, 2.05) is 0 Å². The lowest BCUT2D eigenvalue weighted by molar-refractivity contribution is -0.106. The molecule has 0 aliphatic carbocycles. The zero-order chi connectivity index (χ0) is 21.8. The van der Waals surface area contributed by atoms with Crippen molar-refractivity contribution in [2.75, 3.05) is 20.0 Å². The molecule has 14 heteroatoms. The van der Waals surface area contributed by atoms with E-state index in [2.05, 4.69) is 9.97 Å². The summed E-state index contributed by atoms with van der Waals surface area (Å²) in [5, 5.41) is -0.280. The van der Waals surface area contributed by atoms with Crippen LogP contribution in [-0.2, 0) is 10.0 Å². The van der Waals surface area contributed by atoms with Gasteiger partial charge in [0.1, 0.15) is 11.3 Å². The Morgan fingerprint density at radius 1 is 1.17 bits per heavy atom. The molecule has 158 valence electrons. The number of rotatable bonds is 7. The first-order valence-corrected chi connectivity index (χ1v) is 9.52. The van der Waals surface area contributed by atoms with E-state index in [9.17, 15) is 26.4 Å². The zero-order valence-electron chi connectivity index (χ0n) is 14.8. The normalized spacial score (nSPS) is 11.7. The van der Waals surface area contributed by atoms with Gasteiger partial charge in [0.15, 0.2) is 5.75 Å². The topological polar surface area (TPSA) is 117 Å². The number of nitrogens with zero attached hydrogens (tertiary/aromatic N) is 2. The number of hydrogen-bond donors (Lipinski definition) is 1. The first-order chi connectivity index (χ1) is 13.4. The van der Waals surface area contributed by atoms with Crippen LogP contribution in [0.1, 0.15) is 10.4 Å². The van der Waals surface area contributed by atoms with Crippen molar-refractivity contribution in [2.24, 2.45) is 0 Å². The van der Waals surface area contributed by atoms with Crippen molar-refractivity contribution in [1.82, 2.24) is 14.7 Å². The summed E-state index contributed by atoms with van der Waals surface area (Å²) in [6, 6.07) is 4.77. The monoisotopic (exact) mass is 455 g/mol. The fourth-order valence-electron chi connectivity index (χ4n) is 1.99. The summed E-state index contributed by atoms with van der Waals surface area (Å²) in [5.74, 6) is -3.89. The van der Waals surface area contributed by atoms with E-state index < -0.39 is 33.4 Å². The number of carbonyl (C=O) groups excluding carboxylic acids is 1. The number of benzene rings is 1. The SMILES string of the molecule is COc1cc(OC)nc(Oc2cccc(Cl)c2C(=O)NS(=O)(=O)CC(F)(F)F)n1. The minimum atomic E-state index is -5.04. The molecule has 1 N–H and O–H groups in total. The average molecular weight is 456 g/mol. The predicted octanol–water partition coefficient (Wildman–Crippen LogP) is 2.56. The van der Waals surface area contributed by atoms with Gasteiger partial charge in [0.2, 0.25) is 21.8 Å². The minimum absolute atomic E-state index is 0.0487. The lowest BCUT2D eigenvalue weighted by atomic mass is 10.2. The molecule has 1 amide bonds. The van der Waals surface area contributed by atoms with Crippen LogP contribution in [0.4, 0.5) is 13.2 Å². The molecule has 0 radical (unpaired) electrons. The van der Waals surface area contributed by atoms with Gasteiger partial charge in [-0.15, -0.1) is 0 Å². The second kappa shape index (κ2) is 8.69. The van der Waals surface area contributed by atoms with Crippen molar-refractivity contribution in [3.05, 3.63) is 34.9 Å². The molecule has 0 fully saturated rings. The molecule has 0 aliphatic rings. The second-order valence-electron chi connectivity index (χ2n) is 5.26. The van der Waals surface area contributed by atoms with Crippen molar-refractivity contribution < 1.29 is 40.6 Å². The standard InChI is InChI=1S/C15H13ClF3N3O6S/c1-26-10-6-11(27-2)21-14(20-10)28-9-5-3-4-8(16)12(9)13(23)22-29(24,25)7-15(17,18)19/h3-6H,7H2,1-2H3,(H,22,23). The molecule has 2 aromatic rings. The summed E-state index contributed by atoms with van der Waals surface area (Å²) < 4.78 is 76.8. The average Bonchev–Trinajstić information content (AvgIpc) is 2.58. The molecule has 1 aromatic heterocycles. The van der Waals surface area contributed by atoms with Crippen LogP contribution in [0, 0.1) is 0 Å². The van der Waals surface area contributed by atoms with E-state index >= 15 is 0 Å². The molecule has 29 heavy (non-hydrogen) atoms. The summed E-state index contributed by atoms with van der Waals surface area (Å²) in [7, 11) is -2.39. The van der Waals surface area contributed by atoms with Crippen LogP contribution in [0.25, 0.3) is 0 Å². The Bertz CT molecular complexity index is 995. The molecule has 0 bridgehead atoms. The largest absolute Gasteiger partial charge is 0.481 e. The quantitative estimate of drug-likeness (QED) is 0.677. The first kappa shape index (κ1) is 22.5. The number of sulfonamides is 1. The lowest BCUT2D eigenvalue weighted by Gasteiger charge is -2.13. The summed E-state index contributed by atoms with van der Waals surface area (Å²) in [6.07, 6.45) is -5.04. The van der Waals surface area contributed by atoms with Crippen LogP contribution in [0.2, 0.25) is 5.02 Å². The summed E-state index contributed by atoms with van der Waals surface area (Å²) in [4.78, 5) is 20.1. The van der Waals surface area contributed by atoms with Gasteiger partial charge in [-0.3, -0.25) is 4.79 Å². The molecule has 0 saturated carbocycles. The Balaban J connectivity index is 2.38. The van der Waals surface area contributed by atoms with Gasteiger partial charge in [-0.2, -0.15) is 23.1 Å². The van der Waals surface area contributed by atoms with Crippen LogP contribution in [0.5, 0.6) is 23.5 Å². The number of carbonyl (C=O) groups is 1. The molecule has 0 unspecified atom stereocenters. The molecule has 9 nitrogen and oxygen atoms in total. The van der Waals surface area contributed by atoms with Crippen LogP contribution in [-0.4, -0.2) is 50.4 Å². The smallest absolute Gasteiger partial charge is 0.404 e. The van der Waals surface area contributed by atoms with Crippen LogP contribution >= 0.6 is 11.6 Å². The van der Waals surface area contributed by atoms with E-state index in [-0.39, 0.29) is 28.5 Å². The molecule has 0 atom stereocenters. The van der Waals surface area contributed by atoms with E-state index in [0.29, 0.717) is 0 Å². The Hall–Kier alpha value is -2.80. The Labute approximate surface area is 167 Å². The summed E-state index contributed by atoms with van der Waals surface area (Å²) in [6.45, 7) is 0. The highest BCUT2D eigenvalue weighted by molar-refractivity contribution is 7.90. The zero-order valence-corrected chi connectivity index (χ0v) is 16.4.